The zero-order valence-corrected chi connectivity index (χ0v) is 13.1. The van der Waals surface area contributed by atoms with Gasteiger partial charge in [0.1, 0.15) is 5.69 Å². The van der Waals surface area contributed by atoms with Gasteiger partial charge in [0.15, 0.2) is 5.76 Å². The molecule has 0 bridgehead atoms. The van der Waals surface area contributed by atoms with Crippen molar-refractivity contribution in [3.05, 3.63) is 77.0 Å². The SMILES string of the molecule is Cc1ccc(C2=CSS3=C2C=C(c2ccccn2)O3)cc1. The summed E-state index contributed by atoms with van der Waals surface area (Å²) in [5, 5.41) is 2.20. The van der Waals surface area contributed by atoms with Crippen LogP contribution in [0.5, 0.6) is 0 Å². The third-order valence-corrected chi connectivity index (χ3v) is 6.50. The molecule has 2 aromatic rings. The quantitative estimate of drug-likeness (QED) is 0.586. The van der Waals surface area contributed by atoms with E-state index in [-0.39, 0.29) is 9.80 Å². The molecule has 104 valence electrons. The third-order valence-electron chi connectivity index (χ3n) is 3.41. The summed E-state index contributed by atoms with van der Waals surface area (Å²) in [6.45, 7) is 2.11. The molecule has 4 rings (SSSR count). The Morgan fingerprint density at radius 3 is 2.71 bits per heavy atom. The van der Waals surface area contributed by atoms with Crippen molar-refractivity contribution in [1.29, 1.82) is 0 Å². The van der Waals surface area contributed by atoms with Gasteiger partial charge >= 0.3 is 0 Å². The zero-order valence-electron chi connectivity index (χ0n) is 11.4. The van der Waals surface area contributed by atoms with Crippen molar-refractivity contribution in [1.82, 2.24) is 4.98 Å². The molecule has 21 heavy (non-hydrogen) atoms. The van der Waals surface area contributed by atoms with Gasteiger partial charge in [-0.15, -0.1) is 0 Å². The lowest BCUT2D eigenvalue weighted by Gasteiger charge is -2.04. The van der Waals surface area contributed by atoms with Crippen molar-refractivity contribution in [3.8, 4) is 0 Å². The summed E-state index contributed by atoms with van der Waals surface area (Å²) in [6.07, 6.45) is 3.93. The second kappa shape index (κ2) is 5.20. The van der Waals surface area contributed by atoms with E-state index in [4.69, 9.17) is 4.18 Å². The predicted octanol–water partition coefficient (Wildman–Crippen LogP) is 4.82. The minimum absolute atomic E-state index is 0.226. The molecule has 1 aromatic heterocycles. The molecule has 0 spiro atoms. The lowest BCUT2D eigenvalue weighted by Crippen LogP contribution is -1.94. The molecule has 0 N–H and O–H groups in total. The standard InChI is InChI=1S/C17H13NOS2/c1-12-5-7-13(8-6-12)14-11-20-21-17(14)10-16(19-21)15-4-2-3-9-18-15/h2-11H,1H3. The molecule has 0 saturated carbocycles. The van der Waals surface area contributed by atoms with E-state index in [2.05, 4.69) is 47.7 Å². The number of aryl methyl sites for hydroxylation is 1. The van der Waals surface area contributed by atoms with E-state index in [0.717, 1.165) is 11.5 Å². The fraction of sp³-hybridized carbons (Fsp3) is 0.0588. The van der Waals surface area contributed by atoms with Gasteiger partial charge in [-0.1, -0.05) is 35.9 Å². The van der Waals surface area contributed by atoms with Gasteiger partial charge in [0.05, 0.1) is 14.7 Å². The van der Waals surface area contributed by atoms with Gasteiger partial charge in [0, 0.05) is 17.8 Å². The van der Waals surface area contributed by atoms with Crippen LogP contribution >= 0.6 is 20.6 Å². The Labute approximate surface area is 130 Å². The number of aromatic nitrogens is 1. The van der Waals surface area contributed by atoms with E-state index in [1.165, 1.54) is 21.6 Å². The van der Waals surface area contributed by atoms with Gasteiger partial charge in [-0.05, 0) is 40.8 Å². The summed E-state index contributed by atoms with van der Waals surface area (Å²) >= 11 is 0. The van der Waals surface area contributed by atoms with Crippen LogP contribution in [0, 0.1) is 6.92 Å². The van der Waals surface area contributed by atoms with Gasteiger partial charge < -0.3 is 4.18 Å². The van der Waals surface area contributed by atoms with E-state index < -0.39 is 0 Å². The van der Waals surface area contributed by atoms with Crippen LogP contribution in [-0.4, -0.2) is 9.85 Å². The molecule has 0 radical (unpaired) electrons. The monoisotopic (exact) mass is 311 g/mol. The number of hydrogen-bond donors (Lipinski definition) is 0. The van der Waals surface area contributed by atoms with Crippen LogP contribution in [0.25, 0.3) is 11.3 Å². The van der Waals surface area contributed by atoms with Crippen LogP contribution in [0.3, 0.4) is 0 Å². The maximum Gasteiger partial charge on any atom is 0.164 e. The first-order valence-corrected chi connectivity index (χ1v) is 9.23. The molecular formula is C17H13NOS2. The van der Waals surface area contributed by atoms with Crippen molar-refractivity contribution >= 4 is 36.8 Å². The molecule has 2 aliphatic heterocycles. The highest BCUT2D eigenvalue weighted by Crippen LogP contribution is 2.52. The van der Waals surface area contributed by atoms with Gasteiger partial charge in [-0.25, -0.2) is 0 Å². The summed E-state index contributed by atoms with van der Waals surface area (Å²) < 4.78 is 6.05. The Morgan fingerprint density at radius 1 is 1.10 bits per heavy atom. The maximum atomic E-state index is 6.05. The largest absolute Gasteiger partial charge is 0.421 e. The Bertz CT molecular complexity index is 789. The summed E-state index contributed by atoms with van der Waals surface area (Å²) in [7, 11) is 1.52. The van der Waals surface area contributed by atoms with E-state index in [0.29, 0.717) is 0 Å². The Balaban J connectivity index is 1.68. The molecule has 2 nitrogen and oxygen atoms in total. The fourth-order valence-corrected chi connectivity index (χ4v) is 5.50. The van der Waals surface area contributed by atoms with Crippen molar-refractivity contribution in [2.45, 2.75) is 6.92 Å². The molecule has 0 amide bonds. The molecule has 1 unspecified atom stereocenters. The van der Waals surface area contributed by atoms with Gasteiger partial charge in [0.25, 0.3) is 0 Å². The second-order valence-electron chi connectivity index (χ2n) is 4.90. The summed E-state index contributed by atoms with van der Waals surface area (Å²) in [5.74, 6) is 0.874. The summed E-state index contributed by atoms with van der Waals surface area (Å²) in [6, 6.07) is 14.5. The van der Waals surface area contributed by atoms with Crippen molar-refractivity contribution in [2.75, 3.05) is 0 Å². The predicted molar refractivity (Wildman–Crippen MR) is 92.6 cm³/mol. The highest BCUT2D eigenvalue weighted by atomic mass is 33.1. The Kier molecular flexibility index (Phi) is 3.20. The highest BCUT2D eigenvalue weighted by Gasteiger charge is 2.26. The molecular weight excluding hydrogens is 298 g/mol. The van der Waals surface area contributed by atoms with Crippen molar-refractivity contribution in [3.63, 3.8) is 0 Å². The zero-order chi connectivity index (χ0) is 14.2. The first-order valence-electron chi connectivity index (χ1n) is 6.69. The summed E-state index contributed by atoms with van der Waals surface area (Å²) in [5.41, 5.74) is 4.70. The molecule has 1 atom stereocenters. The number of nitrogens with zero attached hydrogens (tertiary/aromatic N) is 1. The lowest BCUT2D eigenvalue weighted by molar-refractivity contribution is 0.611. The average molecular weight is 311 g/mol. The highest BCUT2D eigenvalue weighted by molar-refractivity contribution is 8.84. The normalized spacial score (nSPS) is 19.9. The van der Waals surface area contributed by atoms with E-state index in [9.17, 15) is 0 Å². The molecule has 0 aliphatic carbocycles. The molecule has 1 aromatic carbocycles. The van der Waals surface area contributed by atoms with Crippen LogP contribution in [0.15, 0.2) is 60.1 Å². The number of rotatable bonds is 2. The minimum Gasteiger partial charge on any atom is -0.421 e. The second-order valence-corrected chi connectivity index (χ2v) is 7.89. The fourth-order valence-electron chi connectivity index (χ4n) is 2.28. The Hall–Kier alpha value is -1.78. The smallest absolute Gasteiger partial charge is 0.164 e. The lowest BCUT2D eigenvalue weighted by atomic mass is 10.0. The average Bonchev–Trinajstić information content (AvgIpc) is 3.09. The first-order chi connectivity index (χ1) is 10.3. The number of pyridine rings is 1. The Morgan fingerprint density at radius 2 is 1.95 bits per heavy atom. The van der Waals surface area contributed by atoms with Gasteiger partial charge in [-0.3, -0.25) is 4.98 Å². The topological polar surface area (TPSA) is 22.1 Å². The number of benzene rings is 1. The van der Waals surface area contributed by atoms with Crippen LogP contribution in [0.2, 0.25) is 0 Å². The first kappa shape index (κ1) is 12.9. The van der Waals surface area contributed by atoms with E-state index >= 15 is 0 Å². The van der Waals surface area contributed by atoms with Crippen LogP contribution < -0.4 is 0 Å². The van der Waals surface area contributed by atoms with E-state index in [1.807, 2.05) is 18.2 Å². The van der Waals surface area contributed by atoms with Crippen LogP contribution in [-0.2, 0) is 4.18 Å². The van der Waals surface area contributed by atoms with Crippen LogP contribution in [0.4, 0.5) is 0 Å². The number of allylic oxidation sites excluding steroid dienone is 2. The van der Waals surface area contributed by atoms with Crippen molar-refractivity contribution in [2.24, 2.45) is 0 Å². The number of hydrogen-bond acceptors (Lipinski definition) is 3. The molecule has 3 heterocycles. The third kappa shape index (κ3) is 2.34. The molecule has 2 aliphatic rings. The van der Waals surface area contributed by atoms with Gasteiger partial charge in [0.2, 0.25) is 0 Å². The van der Waals surface area contributed by atoms with E-state index in [1.54, 1.807) is 17.0 Å². The summed E-state index contributed by atoms with van der Waals surface area (Å²) in [4.78, 5) is 5.63. The van der Waals surface area contributed by atoms with Crippen LogP contribution in [0.1, 0.15) is 16.8 Å². The minimum atomic E-state index is -0.226. The maximum absolute atomic E-state index is 6.05. The molecule has 4 heteroatoms. The molecule has 0 fully saturated rings. The molecule has 0 saturated heterocycles. The van der Waals surface area contributed by atoms with Crippen molar-refractivity contribution < 1.29 is 4.18 Å². The van der Waals surface area contributed by atoms with Gasteiger partial charge in [-0.2, -0.15) is 0 Å².